The lowest BCUT2D eigenvalue weighted by atomic mass is 9.61. The molecular formula is C24H33N3O2. The van der Waals surface area contributed by atoms with Crippen molar-refractivity contribution in [3.63, 3.8) is 0 Å². The predicted molar refractivity (Wildman–Crippen MR) is 114 cm³/mol. The largest absolute Gasteiger partial charge is 0.381 e. The summed E-state index contributed by atoms with van der Waals surface area (Å²) in [4.78, 5) is 20.9. The van der Waals surface area contributed by atoms with Crippen LogP contribution in [0.1, 0.15) is 80.9 Å². The summed E-state index contributed by atoms with van der Waals surface area (Å²) >= 11 is 0. The topological polar surface area (TPSA) is 67.9 Å². The summed E-state index contributed by atoms with van der Waals surface area (Å²) in [7, 11) is 1.80. The number of amides is 1. The number of nitrogens with two attached hydrogens (primary N) is 1. The van der Waals surface area contributed by atoms with Crippen molar-refractivity contribution in [2.45, 2.75) is 82.3 Å². The Morgan fingerprint density at radius 1 is 1.24 bits per heavy atom. The van der Waals surface area contributed by atoms with Crippen LogP contribution in [-0.2, 0) is 21.5 Å². The number of ether oxygens (including phenoxy) is 1. The van der Waals surface area contributed by atoms with Crippen molar-refractivity contribution in [1.82, 2.24) is 4.90 Å². The van der Waals surface area contributed by atoms with Crippen LogP contribution in [0, 0.1) is 5.41 Å². The number of hydrogen-bond donors (Lipinski definition) is 1. The van der Waals surface area contributed by atoms with Crippen molar-refractivity contribution in [2.24, 2.45) is 16.1 Å². The van der Waals surface area contributed by atoms with E-state index in [9.17, 15) is 4.79 Å². The Bertz CT molecular complexity index is 852. The highest BCUT2D eigenvalue weighted by Crippen LogP contribution is 2.62. The molecule has 1 aliphatic heterocycles. The number of aliphatic imine (C=N–C) groups is 1. The minimum Gasteiger partial charge on any atom is -0.381 e. The summed E-state index contributed by atoms with van der Waals surface area (Å²) in [6.45, 7) is 2.81. The first-order valence-corrected chi connectivity index (χ1v) is 11.4. The smallest absolute Gasteiger partial charge is 0.262 e. The molecule has 2 fully saturated rings. The quantitative estimate of drug-likeness (QED) is 0.823. The Kier molecular flexibility index (Phi) is 4.50. The molecule has 4 aliphatic rings. The SMILES string of the molecule is CCCCN1C(=O)C2(N=C1N)c1cc(C3CC3)ccc1CC21CCC(OC)CC1. The summed E-state index contributed by atoms with van der Waals surface area (Å²) in [5, 5.41) is 0. The van der Waals surface area contributed by atoms with Gasteiger partial charge < -0.3 is 10.5 Å². The maximum absolute atomic E-state index is 14.0. The van der Waals surface area contributed by atoms with Crippen LogP contribution in [0.3, 0.4) is 0 Å². The van der Waals surface area contributed by atoms with Gasteiger partial charge in [0.25, 0.3) is 5.91 Å². The van der Waals surface area contributed by atoms with E-state index in [1.54, 1.807) is 12.0 Å². The molecule has 1 unspecified atom stereocenters. The molecule has 0 saturated heterocycles. The number of guanidine groups is 1. The van der Waals surface area contributed by atoms with Gasteiger partial charge in [0.05, 0.1) is 6.10 Å². The van der Waals surface area contributed by atoms with Gasteiger partial charge in [-0.3, -0.25) is 9.69 Å². The fraction of sp³-hybridized carbons (Fsp3) is 0.667. The van der Waals surface area contributed by atoms with Crippen molar-refractivity contribution in [1.29, 1.82) is 0 Å². The minimum absolute atomic E-state index is 0.117. The molecule has 2 N–H and O–H groups in total. The Morgan fingerprint density at radius 3 is 2.66 bits per heavy atom. The second kappa shape index (κ2) is 6.83. The Labute approximate surface area is 173 Å². The summed E-state index contributed by atoms with van der Waals surface area (Å²) in [5.74, 6) is 1.19. The molecule has 0 aromatic heterocycles. The fourth-order valence-corrected chi connectivity index (χ4v) is 6.08. The van der Waals surface area contributed by atoms with Crippen molar-refractivity contribution in [2.75, 3.05) is 13.7 Å². The third kappa shape index (κ3) is 2.69. The predicted octanol–water partition coefficient (Wildman–Crippen LogP) is 3.85. The van der Waals surface area contributed by atoms with Gasteiger partial charge in [-0.1, -0.05) is 31.5 Å². The molecule has 5 nitrogen and oxygen atoms in total. The maximum Gasteiger partial charge on any atom is 0.262 e. The second-order valence-corrected chi connectivity index (χ2v) is 9.57. The number of fused-ring (bicyclic) bond motifs is 3. The standard InChI is InChI=1S/C24H33N3O2/c1-3-4-13-27-21(28)24(26-22(27)25)20-14-17(16-5-6-16)7-8-18(20)15-23(24)11-9-19(29-2)10-12-23/h7-8,14,16,19H,3-6,9-13,15H2,1-2H3,(H2,25,26). The number of carbonyl (C=O) groups excluding carboxylic acids is 1. The molecule has 1 atom stereocenters. The lowest BCUT2D eigenvalue weighted by molar-refractivity contribution is -0.138. The Morgan fingerprint density at radius 2 is 2.00 bits per heavy atom. The number of methoxy groups -OCH3 is 1. The van der Waals surface area contributed by atoms with Crippen molar-refractivity contribution < 1.29 is 9.53 Å². The zero-order valence-electron chi connectivity index (χ0n) is 17.7. The first kappa shape index (κ1) is 19.1. The molecule has 5 heteroatoms. The highest BCUT2D eigenvalue weighted by Gasteiger charge is 2.66. The molecule has 2 spiro atoms. The first-order valence-electron chi connectivity index (χ1n) is 11.4. The van der Waals surface area contributed by atoms with Crippen LogP contribution in [0.4, 0.5) is 0 Å². The summed E-state index contributed by atoms with van der Waals surface area (Å²) in [5.41, 5.74) is 9.22. The van der Waals surface area contributed by atoms with Gasteiger partial charge >= 0.3 is 0 Å². The van der Waals surface area contributed by atoms with Crippen molar-refractivity contribution in [3.05, 3.63) is 34.9 Å². The highest BCUT2D eigenvalue weighted by atomic mass is 16.5. The molecule has 2 saturated carbocycles. The van der Waals surface area contributed by atoms with E-state index in [1.165, 1.54) is 24.0 Å². The highest BCUT2D eigenvalue weighted by molar-refractivity contribution is 6.08. The zero-order valence-corrected chi connectivity index (χ0v) is 17.7. The van der Waals surface area contributed by atoms with Gasteiger partial charge in [-0.05, 0) is 74.0 Å². The van der Waals surface area contributed by atoms with Gasteiger partial charge in [0.15, 0.2) is 11.5 Å². The van der Waals surface area contributed by atoms with Gasteiger partial charge in [-0.25, -0.2) is 4.99 Å². The molecule has 1 aromatic rings. The van der Waals surface area contributed by atoms with Crippen molar-refractivity contribution in [3.8, 4) is 0 Å². The monoisotopic (exact) mass is 395 g/mol. The molecule has 3 aliphatic carbocycles. The molecule has 1 aromatic carbocycles. The fourth-order valence-electron chi connectivity index (χ4n) is 6.08. The van der Waals surface area contributed by atoms with E-state index >= 15 is 0 Å². The normalized spacial score (nSPS) is 33.6. The van der Waals surface area contributed by atoms with E-state index in [0.717, 1.165) is 50.5 Å². The summed E-state index contributed by atoms with van der Waals surface area (Å²) < 4.78 is 5.65. The van der Waals surface area contributed by atoms with Crippen molar-refractivity contribution >= 4 is 11.9 Å². The molecule has 5 rings (SSSR count). The lowest BCUT2D eigenvalue weighted by Gasteiger charge is -2.45. The number of unbranched alkanes of at least 4 members (excludes halogenated alkanes) is 1. The number of rotatable bonds is 5. The number of benzene rings is 1. The van der Waals surface area contributed by atoms with Gasteiger partial charge in [-0.15, -0.1) is 0 Å². The van der Waals surface area contributed by atoms with Crippen LogP contribution in [-0.4, -0.2) is 36.5 Å². The first-order chi connectivity index (χ1) is 14.0. The number of carbonyl (C=O) groups is 1. The van der Waals surface area contributed by atoms with E-state index in [-0.39, 0.29) is 17.4 Å². The van der Waals surface area contributed by atoms with Gasteiger partial charge in [0, 0.05) is 19.1 Å². The summed E-state index contributed by atoms with van der Waals surface area (Å²) in [6.07, 6.45) is 9.61. The molecule has 29 heavy (non-hydrogen) atoms. The Balaban J connectivity index is 1.61. The van der Waals surface area contributed by atoms with Crippen LogP contribution >= 0.6 is 0 Å². The molecule has 0 bridgehead atoms. The van der Waals surface area contributed by atoms with Gasteiger partial charge in [-0.2, -0.15) is 0 Å². The molecular weight excluding hydrogens is 362 g/mol. The maximum atomic E-state index is 14.0. The number of nitrogens with zero attached hydrogens (tertiary/aromatic N) is 2. The van der Waals surface area contributed by atoms with Gasteiger partial charge in [0.1, 0.15) is 0 Å². The molecule has 0 radical (unpaired) electrons. The summed E-state index contributed by atoms with van der Waals surface area (Å²) in [6, 6.07) is 6.86. The van der Waals surface area contributed by atoms with Crippen LogP contribution in [0.2, 0.25) is 0 Å². The lowest BCUT2D eigenvalue weighted by Crippen LogP contribution is -2.52. The molecule has 1 amide bonds. The van der Waals surface area contributed by atoms with Crippen LogP contribution in [0.25, 0.3) is 0 Å². The van der Waals surface area contributed by atoms with Crippen LogP contribution in [0.15, 0.2) is 23.2 Å². The second-order valence-electron chi connectivity index (χ2n) is 9.57. The van der Waals surface area contributed by atoms with E-state index in [4.69, 9.17) is 15.5 Å². The molecule has 1 heterocycles. The van der Waals surface area contributed by atoms with E-state index in [2.05, 4.69) is 25.1 Å². The van der Waals surface area contributed by atoms with Crippen LogP contribution < -0.4 is 5.73 Å². The third-order valence-corrected chi connectivity index (χ3v) is 7.94. The number of hydrogen-bond acceptors (Lipinski definition) is 4. The zero-order chi connectivity index (χ0) is 20.2. The van der Waals surface area contributed by atoms with E-state index in [1.807, 2.05) is 0 Å². The van der Waals surface area contributed by atoms with E-state index < -0.39 is 5.54 Å². The van der Waals surface area contributed by atoms with E-state index in [0.29, 0.717) is 18.4 Å². The average molecular weight is 396 g/mol. The van der Waals surface area contributed by atoms with Crippen LogP contribution in [0.5, 0.6) is 0 Å². The average Bonchev–Trinajstić information content (AvgIpc) is 3.50. The molecule has 156 valence electrons. The third-order valence-electron chi connectivity index (χ3n) is 7.94. The minimum atomic E-state index is -0.830. The Hall–Kier alpha value is -1.88. The van der Waals surface area contributed by atoms with Gasteiger partial charge in [0.2, 0.25) is 0 Å².